The Morgan fingerprint density at radius 2 is 1.92 bits per heavy atom. The van der Waals surface area contributed by atoms with Gasteiger partial charge < -0.3 is 15.4 Å². The number of non-ortho nitro benzene ring substituents is 1. The van der Waals surface area contributed by atoms with Crippen molar-refractivity contribution in [2.45, 2.75) is 18.6 Å². The molecule has 0 spiro atoms. The fourth-order valence-electron chi connectivity index (χ4n) is 4.18. The van der Waals surface area contributed by atoms with Crippen LogP contribution in [0.2, 0.25) is 0 Å². The summed E-state index contributed by atoms with van der Waals surface area (Å²) < 4.78 is 6.16. The van der Waals surface area contributed by atoms with E-state index in [0.29, 0.717) is 39.2 Å². The summed E-state index contributed by atoms with van der Waals surface area (Å²) in [6.07, 6.45) is 0. The quantitative estimate of drug-likeness (QED) is 0.167. The maximum Gasteiger partial charge on any atom is 0.269 e. The smallest absolute Gasteiger partial charge is 0.269 e. The largest absolute Gasteiger partial charge is 0.495 e. The Labute approximate surface area is 232 Å². The second-order valence-corrected chi connectivity index (χ2v) is 10.2. The normalized spacial score (nSPS) is 14.9. The van der Waals surface area contributed by atoms with Crippen LogP contribution in [0.5, 0.6) is 5.75 Å². The molecule has 1 unspecified atom stereocenters. The van der Waals surface area contributed by atoms with Gasteiger partial charge in [0.05, 0.1) is 35.2 Å². The Morgan fingerprint density at radius 3 is 2.63 bits per heavy atom. The standard InChI is InChI=1S/C28H23BrN4O4S/c1-17-24(27(34)32-22-13-6-7-14-23(22)37-3)25(20-11-4-5-12-21(20)29)26(30-2)28(31-17)38-16-18-9-8-10-19(15-18)33(35)36/h4-15,25,31H,16H2,1,3H3,(H,32,34). The van der Waals surface area contributed by atoms with Crippen LogP contribution in [-0.2, 0) is 10.5 Å². The average molecular weight is 591 g/mol. The summed E-state index contributed by atoms with van der Waals surface area (Å²) in [5, 5.41) is 18.0. The molecule has 8 nitrogen and oxygen atoms in total. The van der Waals surface area contributed by atoms with Gasteiger partial charge in [0.25, 0.3) is 11.6 Å². The molecule has 1 amide bonds. The van der Waals surface area contributed by atoms with Gasteiger partial charge in [0, 0.05) is 33.6 Å². The Bertz CT molecular complexity index is 1510. The van der Waals surface area contributed by atoms with Crippen LogP contribution in [0, 0.1) is 16.7 Å². The zero-order chi connectivity index (χ0) is 27.2. The minimum absolute atomic E-state index is 0.0107. The number of methoxy groups -OCH3 is 1. The fourth-order valence-corrected chi connectivity index (χ4v) is 5.72. The second kappa shape index (κ2) is 12.0. The molecule has 0 radical (unpaired) electrons. The maximum atomic E-state index is 13.7. The van der Waals surface area contributed by atoms with Gasteiger partial charge in [-0.1, -0.05) is 58.4 Å². The highest BCUT2D eigenvalue weighted by Crippen LogP contribution is 2.44. The molecular formula is C28H23BrN4O4S. The number of nitrogens with one attached hydrogen (secondary N) is 2. The Kier molecular flexibility index (Phi) is 8.51. The Balaban J connectivity index is 1.73. The maximum absolute atomic E-state index is 13.7. The number of benzene rings is 3. The highest BCUT2D eigenvalue weighted by Gasteiger charge is 2.36. The number of ether oxygens (including phenoxy) is 1. The fraction of sp³-hybridized carbons (Fsp3) is 0.143. The number of carbonyl (C=O) groups is 1. The minimum Gasteiger partial charge on any atom is -0.495 e. The van der Waals surface area contributed by atoms with Gasteiger partial charge in [0.2, 0.25) is 5.70 Å². The molecule has 0 bridgehead atoms. The molecule has 1 aliphatic rings. The number of halogens is 1. The molecule has 0 aromatic heterocycles. The van der Waals surface area contributed by atoms with E-state index in [1.807, 2.05) is 30.3 Å². The summed E-state index contributed by atoms with van der Waals surface area (Å²) in [4.78, 5) is 28.3. The number of thioether (sulfide) groups is 1. The number of amides is 1. The lowest BCUT2D eigenvalue weighted by Gasteiger charge is -2.30. The molecule has 38 heavy (non-hydrogen) atoms. The van der Waals surface area contributed by atoms with Crippen molar-refractivity contribution in [1.82, 2.24) is 5.32 Å². The molecule has 10 heteroatoms. The number of nitrogens with zero attached hydrogens (tertiary/aromatic N) is 2. The summed E-state index contributed by atoms with van der Waals surface area (Å²) >= 11 is 4.97. The predicted octanol–water partition coefficient (Wildman–Crippen LogP) is 6.99. The molecule has 0 saturated heterocycles. The van der Waals surface area contributed by atoms with Crippen molar-refractivity contribution >= 4 is 45.0 Å². The molecule has 192 valence electrons. The van der Waals surface area contributed by atoms with E-state index >= 15 is 0 Å². The number of para-hydroxylation sites is 2. The van der Waals surface area contributed by atoms with Crippen LogP contribution in [0.15, 0.2) is 99.3 Å². The minimum atomic E-state index is -0.647. The lowest BCUT2D eigenvalue weighted by Crippen LogP contribution is -2.30. The lowest BCUT2D eigenvalue weighted by atomic mass is 9.85. The monoisotopic (exact) mass is 590 g/mol. The Morgan fingerprint density at radius 1 is 1.18 bits per heavy atom. The van der Waals surface area contributed by atoms with E-state index in [9.17, 15) is 14.9 Å². The third-order valence-electron chi connectivity index (χ3n) is 5.94. The molecule has 1 atom stereocenters. The average Bonchev–Trinajstić information content (AvgIpc) is 2.92. The molecule has 4 rings (SSSR count). The van der Waals surface area contributed by atoms with E-state index in [1.54, 1.807) is 37.3 Å². The van der Waals surface area contributed by atoms with Gasteiger partial charge in [-0.3, -0.25) is 14.9 Å². The van der Waals surface area contributed by atoms with E-state index in [1.165, 1.54) is 31.0 Å². The third-order valence-corrected chi connectivity index (χ3v) is 7.74. The van der Waals surface area contributed by atoms with Crippen molar-refractivity contribution in [2.24, 2.45) is 0 Å². The highest BCUT2D eigenvalue weighted by molar-refractivity contribution is 9.10. The van der Waals surface area contributed by atoms with Gasteiger partial charge in [-0.2, -0.15) is 0 Å². The number of nitro groups is 1. The number of hydrogen-bond acceptors (Lipinski definition) is 6. The van der Waals surface area contributed by atoms with Crippen LogP contribution in [0.4, 0.5) is 11.4 Å². The number of allylic oxidation sites excluding steroid dienone is 2. The number of anilines is 1. The third kappa shape index (κ3) is 5.74. The number of carbonyl (C=O) groups excluding carboxylic acids is 1. The molecule has 0 saturated carbocycles. The van der Waals surface area contributed by atoms with Crippen LogP contribution in [0.25, 0.3) is 4.85 Å². The molecule has 2 N–H and O–H groups in total. The molecule has 1 heterocycles. The summed E-state index contributed by atoms with van der Waals surface area (Å²) in [6.45, 7) is 9.87. The topological polar surface area (TPSA) is 97.9 Å². The first-order valence-electron chi connectivity index (χ1n) is 11.5. The molecule has 0 fully saturated rings. The van der Waals surface area contributed by atoms with Gasteiger partial charge in [-0.25, -0.2) is 4.85 Å². The van der Waals surface area contributed by atoms with Crippen molar-refractivity contribution in [3.05, 3.63) is 132 Å². The van der Waals surface area contributed by atoms with E-state index in [2.05, 4.69) is 31.4 Å². The molecule has 3 aromatic carbocycles. The number of hydrogen-bond donors (Lipinski definition) is 2. The molecule has 0 aliphatic carbocycles. The van der Waals surface area contributed by atoms with E-state index in [-0.39, 0.29) is 11.6 Å². The first-order valence-corrected chi connectivity index (χ1v) is 13.3. The zero-order valence-electron chi connectivity index (χ0n) is 20.5. The first-order chi connectivity index (χ1) is 18.3. The number of dihydropyridines is 1. The van der Waals surface area contributed by atoms with Crippen molar-refractivity contribution in [3.8, 4) is 5.75 Å². The van der Waals surface area contributed by atoms with Crippen LogP contribution < -0.4 is 15.4 Å². The second-order valence-electron chi connectivity index (χ2n) is 8.31. The van der Waals surface area contributed by atoms with Crippen LogP contribution in [0.3, 0.4) is 0 Å². The van der Waals surface area contributed by atoms with Crippen molar-refractivity contribution in [3.63, 3.8) is 0 Å². The SMILES string of the molecule is [C-]#[N+]C1=C(SCc2cccc([N+](=O)[O-])c2)NC(C)=C(C(=O)Nc2ccccc2OC)C1c1ccccc1Br. The molecule has 3 aromatic rings. The van der Waals surface area contributed by atoms with Gasteiger partial charge >= 0.3 is 0 Å². The van der Waals surface area contributed by atoms with Gasteiger partial charge in [0.15, 0.2) is 0 Å². The first kappa shape index (κ1) is 27.0. The van der Waals surface area contributed by atoms with Crippen LogP contribution in [0.1, 0.15) is 24.0 Å². The van der Waals surface area contributed by atoms with Crippen LogP contribution >= 0.6 is 27.7 Å². The lowest BCUT2D eigenvalue weighted by molar-refractivity contribution is -0.384. The summed E-state index contributed by atoms with van der Waals surface area (Å²) in [7, 11) is 1.53. The van der Waals surface area contributed by atoms with E-state index in [4.69, 9.17) is 11.3 Å². The van der Waals surface area contributed by atoms with Gasteiger partial charge in [-0.15, -0.1) is 11.8 Å². The van der Waals surface area contributed by atoms with Crippen LogP contribution in [-0.4, -0.2) is 17.9 Å². The van der Waals surface area contributed by atoms with Crippen molar-refractivity contribution < 1.29 is 14.5 Å². The van der Waals surface area contributed by atoms with Gasteiger partial charge in [0.1, 0.15) is 5.75 Å². The number of nitro benzene ring substituents is 1. The number of rotatable bonds is 8. The Hall–Kier alpha value is -4.07. The zero-order valence-corrected chi connectivity index (χ0v) is 22.9. The summed E-state index contributed by atoms with van der Waals surface area (Å²) in [5.74, 6) is -0.0768. The van der Waals surface area contributed by atoms with Crippen molar-refractivity contribution in [1.29, 1.82) is 0 Å². The van der Waals surface area contributed by atoms with E-state index < -0.39 is 10.8 Å². The summed E-state index contributed by atoms with van der Waals surface area (Å²) in [5.41, 5.74) is 3.44. The predicted molar refractivity (Wildman–Crippen MR) is 152 cm³/mol. The van der Waals surface area contributed by atoms with E-state index in [0.717, 1.165) is 15.6 Å². The van der Waals surface area contributed by atoms with Gasteiger partial charge in [-0.05, 0) is 36.2 Å². The molecule has 1 aliphatic heterocycles. The summed E-state index contributed by atoms with van der Waals surface area (Å²) in [6, 6.07) is 21.0. The highest BCUT2D eigenvalue weighted by atomic mass is 79.9. The van der Waals surface area contributed by atoms with Crippen molar-refractivity contribution in [2.75, 3.05) is 12.4 Å². The molecular weight excluding hydrogens is 568 g/mol.